The van der Waals surface area contributed by atoms with Crippen molar-refractivity contribution in [3.05, 3.63) is 35.6 Å². The largest absolute Gasteiger partial charge is 0.378 e. The lowest BCUT2D eigenvalue weighted by molar-refractivity contribution is 0.0967. The molecule has 0 bridgehead atoms. The van der Waals surface area contributed by atoms with Crippen molar-refractivity contribution >= 4 is 0 Å². The molecule has 1 aromatic rings. The van der Waals surface area contributed by atoms with Crippen LogP contribution in [0.1, 0.15) is 38.2 Å². The van der Waals surface area contributed by atoms with Crippen molar-refractivity contribution < 1.29 is 9.13 Å². The van der Waals surface area contributed by atoms with E-state index >= 15 is 0 Å². The van der Waals surface area contributed by atoms with Gasteiger partial charge in [-0.05, 0) is 50.3 Å². The number of hydrogen-bond donors (Lipinski definition) is 1. The van der Waals surface area contributed by atoms with E-state index in [-0.39, 0.29) is 5.82 Å². The van der Waals surface area contributed by atoms with Gasteiger partial charge in [-0.3, -0.25) is 0 Å². The first-order chi connectivity index (χ1) is 8.08. The number of ether oxygens (including phenoxy) is 1. The van der Waals surface area contributed by atoms with Gasteiger partial charge in [0.25, 0.3) is 0 Å². The van der Waals surface area contributed by atoms with Crippen LogP contribution < -0.4 is 5.73 Å². The Labute approximate surface area is 102 Å². The zero-order valence-corrected chi connectivity index (χ0v) is 10.3. The molecule has 0 aliphatic carbocycles. The molecule has 3 heteroatoms. The van der Waals surface area contributed by atoms with Crippen LogP contribution in [0.5, 0.6) is 0 Å². The van der Waals surface area contributed by atoms with Crippen molar-refractivity contribution in [1.29, 1.82) is 0 Å². The summed E-state index contributed by atoms with van der Waals surface area (Å²) in [5.74, 6) is -0.219. The van der Waals surface area contributed by atoms with Gasteiger partial charge in [-0.15, -0.1) is 0 Å². The summed E-state index contributed by atoms with van der Waals surface area (Å²) in [6.45, 7) is 2.87. The van der Waals surface area contributed by atoms with Crippen LogP contribution in [0.2, 0.25) is 0 Å². The molecule has 17 heavy (non-hydrogen) atoms. The van der Waals surface area contributed by atoms with Gasteiger partial charge < -0.3 is 10.5 Å². The van der Waals surface area contributed by atoms with E-state index in [4.69, 9.17) is 10.5 Å². The SMILES string of the molecule is CC(N)(CCC1CCCO1)c1ccc(F)cc1. The average molecular weight is 237 g/mol. The third-order valence-electron chi connectivity index (χ3n) is 3.51. The van der Waals surface area contributed by atoms with Gasteiger partial charge in [-0.25, -0.2) is 4.39 Å². The minimum Gasteiger partial charge on any atom is -0.378 e. The van der Waals surface area contributed by atoms with Gasteiger partial charge in [0.05, 0.1) is 6.10 Å². The Morgan fingerprint density at radius 2 is 2.12 bits per heavy atom. The van der Waals surface area contributed by atoms with Crippen LogP contribution in [-0.2, 0) is 10.3 Å². The van der Waals surface area contributed by atoms with Crippen molar-refractivity contribution in [2.75, 3.05) is 6.61 Å². The number of nitrogens with two attached hydrogens (primary N) is 1. The fraction of sp³-hybridized carbons (Fsp3) is 0.571. The van der Waals surface area contributed by atoms with Crippen molar-refractivity contribution in [3.8, 4) is 0 Å². The molecule has 1 saturated heterocycles. The average Bonchev–Trinajstić information content (AvgIpc) is 2.80. The van der Waals surface area contributed by atoms with Crippen molar-refractivity contribution in [1.82, 2.24) is 0 Å². The van der Waals surface area contributed by atoms with E-state index in [1.165, 1.54) is 12.1 Å². The molecule has 1 fully saturated rings. The maximum absolute atomic E-state index is 12.8. The van der Waals surface area contributed by atoms with Gasteiger partial charge in [0, 0.05) is 12.1 Å². The molecule has 0 spiro atoms. The van der Waals surface area contributed by atoms with Gasteiger partial charge in [-0.2, -0.15) is 0 Å². The lowest BCUT2D eigenvalue weighted by atomic mass is 9.87. The van der Waals surface area contributed by atoms with Crippen LogP contribution in [0.4, 0.5) is 4.39 Å². The highest BCUT2D eigenvalue weighted by molar-refractivity contribution is 5.23. The molecule has 0 amide bonds. The van der Waals surface area contributed by atoms with E-state index in [0.29, 0.717) is 6.10 Å². The summed E-state index contributed by atoms with van der Waals surface area (Å²) in [5, 5.41) is 0. The van der Waals surface area contributed by atoms with E-state index in [2.05, 4.69) is 0 Å². The van der Waals surface area contributed by atoms with Crippen LogP contribution in [0.25, 0.3) is 0 Å². The van der Waals surface area contributed by atoms with Crippen LogP contribution in [-0.4, -0.2) is 12.7 Å². The Balaban J connectivity index is 1.94. The Bertz CT molecular complexity index is 355. The van der Waals surface area contributed by atoms with Gasteiger partial charge in [0.15, 0.2) is 0 Å². The Kier molecular flexibility index (Phi) is 3.79. The summed E-state index contributed by atoms with van der Waals surface area (Å²) in [6, 6.07) is 6.47. The predicted octanol–water partition coefficient (Wildman–Crippen LogP) is 2.96. The van der Waals surface area contributed by atoms with Crippen LogP contribution in [0.3, 0.4) is 0 Å². The summed E-state index contributed by atoms with van der Waals surface area (Å²) in [7, 11) is 0. The Morgan fingerprint density at radius 1 is 1.41 bits per heavy atom. The minimum atomic E-state index is -0.403. The first-order valence-electron chi connectivity index (χ1n) is 6.24. The van der Waals surface area contributed by atoms with Crippen molar-refractivity contribution in [2.24, 2.45) is 5.73 Å². The highest BCUT2D eigenvalue weighted by atomic mass is 19.1. The monoisotopic (exact) mass is 237 g/mol. The predicted molar refractivity (Wildman–Crippen MR) is 66.1 cm³/mol. The zero-order valence-electron chi connectivity index (χ0n) is 10.3. The molecule has 2 unspecified atom stereocenters. The molecule has 2 rings (SSSR count). The van der Waals surface area contributed by atoms with Gasteiger partial charge in [0.1, 0.15) is 5.82 Å². The lowest BCUT2D eigenvalue weighted by Gasteiger charge is -2.26. The van der Waals surface area contributed by atoms with E-state index in [9.17, 15) is 4.39 Å². The second-order valence-corrected chi connectivity index (χ2v) is 5.10. The Morgan fingerprint density at radius 3 is 2.71 bits per heavy atom. The maximum Gasteiger partial charge on any atom is 0.123 e. The van der Waals surface area contributed by atoms with E-state index in [1.54, 1.807) is 12.1 Å². The molecule has 1 aromatic carbocycles. The molecular formula is C14H20FNO. The van der Waals surface area contributed by atoms with Crippen LogP contribution in [0, 0.1) is 5.82 Å². The molecule has 1 aliphatic heterocycles. The van der Waals surface area contributed by atoms with E-state index < -0.39 is 5.54 Å². The summed E-state index contributed by atoms with van der Waals surface area (Å²) >= 11 is 0. The summed E-state index contributed by atoms with van der Waals surface area (Å²) < 4.78 is 18.4. The number of benzene rings is 1. The van der Waals surface area contributed by atoms with Gasteiger partial charge >= 0.3 is 0 Å². The molecular weight excluding hydrogens is 217 g/mol. The highest BCUT2D eigenvalue weighted by Crippen LogP contribution is 2.27. The van der Waals surface area contributed by atoms with Crippen molar-refractivity contribution in [2.45, 2.75) is 44.2 Å². The minimum absolute atomic E-state index is 0.219. The first kappa shape index (κ1) is 12.5. The lowest BCUT2D eigenvalue weighted by Crippen LogP contribution is -2.34. The summed E-state index contributed by atoms with van der Waals surface area (Å²) in [5.41, 5.74) is 6.87. The molecule has 2 atom stereocenters. The van der Waals surface area contributed by atoms with Gasteiger partial charge in [-0.1, -0.05) is 12.1 Å². The summed E-state index contributed by atoms with van der Waals surface area (Å²) in [4.78, 5) is 0. The molecule has 0 aromatic heterocycles. The summed E-state index contributed by atoms with van der Waals surface area (Å²) in [6.07, 6.45) is 4.49. The molecule has 2 N–H and O–H groups in total. The number of hydrogen-bond acceptors (Lipinski definition) is 2. The molecule has 94 valence electrons. The first-order valence-corrected chi connectivity index (χ1v) is 6.24. The fourth-order valence-electron chi connectivity index (χ4n) is 2.31. The molecule has 1 aliphatic rings. The fourth-order valence-corrected chi connectivity index (χ4v) is 2.31. The normalized spacial score (nSPS) is 23.6. The maximum atomic E-state index is 12.8. The third kappa shape index (κ3) is 3.27. The molecule has 1 heterocycles. The molecule has 0 radical (unpaired) electrons. The second kappa shape index (κ2) is 5.15. The van der Waals surface area contributed by atoms with Crippen LogP contribution in [0.15, 0.2) is 24.3 Å². The van der Waals surface area contributed by atoms with Gasteiger partial charge in [0.2, 0.25) is 0 Å². The van der Waals surface area contributed by atoms with E-state index in [0.717, 1.165) is 37.9 Å². The molecule has 0 saturated carbocycles. The quantitative estimate of drug-likeness (QED) is 0.873. The smallest absolute Gasteiger partial charge is 0.123 e. The second-order valence-electron chi connectivity index (χ2n) is 5.10. The zero-order chi connectivity index (χ0) is 12.3. The number of halogens is 1. The molecule has 2 nitrogen and oxygen atoms in total. The topological polar surface area (TPSA) is 35.2 Å². The number of rotatable bonds is 4. The van der Waals surface area contributed by atoms with Crippen LogP contribution >= 0.6 is 0 Å². The standard InChI is InChI=1S/C14H20FNO/c1-14(16,9-8-13-3-2-10-17-13)11-4-6-12(15)7-5-11/h4-7,13H,2-3,8-10,16H2,1H3. The van der Waals surface area contributed by atoms with E-state index in [1.807, 2.05) is 6.92 Å². The third-order valence-corrected chi connectivity index (χ3v) is 3.51. The highest BCUT2D eigenvalue weighted by Gasteiger charge is 2.24. The Hall–Kier alpha value is -0.930. The van der Waals surface area contributed by atoms with Crippen molar-refractivity contribution in [3.63, 3.8) is 0 Å².